The monoisotopic (exact) mass is 417 g/mol. The number of benzene rings is 3. The summed E-state index contributed by atoms with van der Waals surface area (Å²) in [5.41, 5.74) is 2.11. The molecule has 0 heterocycles. The summed E-state index contributed by atoms with van der Waals surface area (Å²) in [4.78, 5) is 24.3. The maximum atomic E-state index is 12.3. The molecule has 0 spiro atoms. The molecule has 0 aromatic heterocycles. The van der Waals surface area contributed by atoms with Gasteiger partial charge in [0.1, 0.15) is 0 Å². The van der Waals surface area contributed by atoms with Crippen LogP contribution >= 0.6 is 12.2 Å². The van der Waals surface area contributed by atoms with E-state index in [1.54, 1.807) is 30.3 Å². The van der Waals surface area contributed by atoms with E-state index in [-0.39, 0.29) is 16.9 Å². The van der Waals surface area contributed by atoms with Crippen LogP contribution in [0.4, 0.5) is 5.69 Å². The van der Waals surface area contributed by atoms with E-state index < -0.39 is 0 Å². The Labute approximate surface area is 181 Å². The van der Waals surface area contributed by atoms with Gasteiger partial charge in [0.25, 0.3) is 5.91 Å². The third-order valence-electron chi connectivity index (χ3n) is 4.39. The molecule has 0 aliphatic carbocycles. The van der Waals surface area contributed by atoms with Crippen LogP contribution in [-0.4, -0.2) is 23.5 Å². The fourth-order valence-corrected chi connectivity index (χ4v) is 3.17. The van der Waals surface area contributed by atoms with Gasteiger partial charge in [-0.15, -0.1) is 0 Å². The van der Waals surface area contributed by atoms with Crippen LogP contribution < -0.4 is 16.0 Å². The van der Waals surface area contributed by atoms with Crippen LogP contribution in [0.2, 0.25) is 0 Å². The Morgan fingerprint density at radius 2 is 1.77 bits per heavy atom. The van der Waals surface area contributed by atoms with E-state index in [4.69, 9.17) is 12.2 Å². The van der Waals surface area contributed by atoms with E-state index in [2.05, 4.69) is 16.0 Å². The van der Waals surface area contributed by atoms with Crippen molar-refractivity contribution in [1.82, 2.24) is 10.6 Å². The first-order chi connectivity index (χ1) is 14.6. The van der Waals surface area contributed by atoms with E-state index >= 15 is 0 Å². The Morgan fingerprint density at radius 1 is 1.00 bits per heavy atom. The van der Waals surface area contributed by atoms with Crippen LogP contribution in [0.5, 0.6) is 0 Å². The molecule has 0 radical (unpaired) electrons. The van der Waals surface area contributed by atoms with Gasteiger partial charge in [0.15, 0.2) is 5.11 Å². The fraction of sp³-hybridized carbons (Fsp3) is 0.125. The standard InChI is InChI=1S/C24H23N3O2S/c1-2-15-25-23(29)19-10-6-11-20(16-19)26-24(30)27-22(28)14-13-18-9-5-8-17-7-3-4-12-21(17)18/h3-14,16H,2,15H2,1H3,(H,25,29)(H2,26,27,28,30)/b14-13+. The number of fused-ring (bicyclic) bond motifs is 1. The number of carbonyl (C=O) groups excluding carboxylic acids is 2. The lowest BCUT2D eigenvalue weighted by Crippen LogP contribution is -2.33. The molecule has 0 saturated carbocycles. The van der Waals surface area contributed by atoms with Gasteiger partial charge >= 0.3 is 0 Å². The third kappa shape index (κ3) is 5.75. The second-order valence-corrected chi connectivity index (χ2v) is 7.09. The average molecular weight is 418 g/mol. The minimum atomic E-state index is -0.336. The van der Waals surface area contributed by atoms with Crippen molar-refractivity contribution < 1.29 is 9.59 Å². The highest BCUT2D eigenvalue weighted by atomic mass is 32.1. The molecule has 152 valence electrons. The first kappa shape index (κ1) is 21.2. The Morgan fingerprint density at radius 3 is 2.60 bits per heavy atom. The molecule has 0 fully saturated rings. The molecule has 0 bridgehead atoms. The smallest absolute Gasteiger partial charge is 0.251 e. The van der Waals surface area contributed by atoms with Crippen LogP contribution in [-0.2, 0) is 4.79 Å². The molecule has 3 aromatic rings. The molecule has 0 atom stereocenters. The van der Waals surface area contributed by atoms with Gasteiger partial charge in [-0.3, -0.25) is 14.9 Å². The molecule has 3 aromatic carbocycles. The summed E-state index contributed by atoms with van der Waals surface area (Å²) in [6.45, 7) is 2.61. The highest BCUT2D eigenvalue weighted by molar-refractivity contribution is 7.80. The van der Waals surface area contributed by atoms with Gasteiger partial charge in [0, 0.05) is 23.9 Å². The molecule has 3 N–H and O–H groups in total. The zero-order chi connectivity index (χ0) is 21.3. The number of hydrogen-bond acceptors (Lipinski definition) is 3. The van der Waals surface area contributed by atoms with Crippen LogP contribution in [0, 0.1) is 0 Å². The van der Waals surface area contributed by atoms with Gasteiger partial charge < -0.3 is 10.6 Å². The van der Waals surface area contributed by atoms with Crippen molar-refractivity contribution in [3.8, 4) is 0 Å². The topological polar surface area (TPSA) is 70.2 Å². The summed E-state index contributed by atoms with van der Waals surface area (Å²) in [6, 6.07) is 20.9. The number of amides is 2. The third-order valence-corrected chi connectivity index (χ3v) is 4.60. The SMILES string of the molecule is CCCNC(=O)c1cccc(NC(=S)NC(=O)/C=C/c2cccc3ccccc23)c1. The van der Waals surface area contributed by atoms with Crippen molar-refractivity contribution in [1.29, 1.82) is 0 Å². The highest BCUT2D eigenvalue weighted by Gasteiger charge is 2.07. The minimum Gasteiger partial charge on any atom is -0.352 e. The minimum absolute atomic E-state index is 0.145. The number of rotatable bonds is 6. The van der Waals surface area contributed by atoms with E-state index in [1.165, 1.54) is 6.08 Å². The van der Waals surface area contributed by atoms with Crippen LogP contribution in [0.15, 0.2) is 72.8 Å². The zero-order valence-electron chi connectivity index (χ0n) is 16.6. The average Bonchev–Trinajstić information content (AvgIpc) is 2.76. The molecule has 0 unspecified atom stereocenters. The van der Waals surface area contributed by atoms with Crippen LogP contribution in [0.3, 0.4) is 0 Å². The van der Waals surface area contributed by atoms with Crippen molar-refractivity contribution in [2.45, 2.75) is 13.3 Å². The Balaban J connectivity index is 1.60. The second kappa shape index (κ2) is 10.3. The second-order valence-electron chi connectivity index (χ2n) is 6.68. The maximum absolute atomic E-state index is 12.3. The molecule has 3 rings (SSSR count). The van der Waals surface area contributed by atoms with E-state index in [0.717, 1.165) is 22.8 Å². The molecule has 2 amide bonds. The fourth-order valence-electron chi connectivity index (χ4n) is 2.96. The maximum Gasteiger partial charge on any atom is 0.251 e. The summed E-state index contributed by atoms with van der Waals surface area (Å²) in [7, 11) is 0. The molecule has 5 nitrogen and oxygen atoms in total. The van der Waals surface area contributed by atoms with Crippen LogP contribution in [0.1, 0.15) is 29.3 Å². The Bertz CT molecular complexity index is 1100. The van der Waals surface area contributed by atoms with Crippen molar-refractivity contribution in [3.05, 3.63) is 83.9 Å². The summed E-state index contributed by atoms with van der Waals surface area (Å²) in [5.74, 6) is -0.481. The van der Waals surface area contributed by atoms with Gasteiger partial charge in [0.2, 0.25) is 5.91 Å². The van der Waals surface area contributed by atoms with Gasteiger partial charge in [0.05, 0.1) is 0 Å². The van der Waals surface area contributed by atoms with Gasteiger partial charge in [-0.25, -0.2) is 0 Å². The van der Waals surface area contributed by atoms with Gasteiger partial charge in [-0.2, -0.15) is 0 Å². The number of hydrogen-bond donors (Lipinski definition) is 3. The lowest BCUT2D eigenvalue weighted by Gasteiger charge is -2.10. The Kier molecular flexibility index (Phi) is 7.29. The zero-order valence-corrected chi connectivity index (χ0v) is 17.5. The number of thiocarbonyl (C=S) groups is 1. The molecule has 30 heavy (non-hydrogen) atoms. The number of nitrogens with one attached hydrogen (secondary N) is 3. The molecule has 6 heteroatoms. The largest absolute Gasteiger partial charge is 0.352 e. The molecule has 0 aliphatic heterocycles. The Hall–Kier alpha value is -3.51. The van der Waals surface area contributed by atoms with Crippen molar-refractivity contribution in [2.75, 3.05) is 11.9 Å². The van der Waals surface area contributed by atoms with Gasteiger partial charge in [-0.05, 0) is 59.2 Å². The highest BCUT2D eigenvalue weighted by Crippen LogP contribution is 2.19. The molecule has 0 aliphatic rings. The number of anilines is 1. The molecular weight excluding hydrogens is 394 g/mol. The molecular formula is C24H23N3O2S. The lowest BCUT2D eigenvalue weighted by molar-refractivity contribution is -0.115. The van der Waals surface area contributed by atoms with Crippen LogP contribution in [0.25, 0.3) is 16.8 Å². The van der Waals surface area contributed by atoms with E-state index in [9.17, 15) is 9.59 Å². The predicted octanol–water partition coefficient (Wildman–Crippen LogP) is 4.51. The summed E-state index contributed by atoms with van der Waals surface area (Å²) >= 11 is 5.22. The van der Waals surface area contributed by atoms with Crippen molar-refractivity contribution >= 4 is 51.7 Å². The first-order valence-corrected chi connectivity index (χ1v) is 10.1. The quantitative estimate of drug-likeness (QED) is 0.408. The number of carbonyl (C=O) groups is 2. The summed E-state index contributed by atoms with van der Waals surface area (Å²) in [5, 5.41) is 10.7. The van der Waals surface area contributed by atoms with E-state index in [0.29, 0.717) is 17.8 Å². The van der Waals surface area contributed by atoms with Crippen molar-refractivity contribution in [2.24, 2.45) is 0 Å². The normalized spacial score (nSPS) is 10.7. The summed E-state index contributed by atoms with van der Waals surface area (Å²) < 4.78 is 0. The predicted molar refractivity (Wildman–Crippen MR) is 126 cm³/mol. The molecule has 0 saturated heterocycles. The lowest BCUT2D eigenvalue weighted by atomic mass is 10.0. The van der Waals surface area contributed by atoms with Crippen molar-refractivity contribution in [3.63, 3.8) is 0 Å². The van der Waals surface area contributed by atoms with E-state index in [1.807, 2.05) is 49.4 Å². The first-order valence-electron chi connectivity index (χ1n) is 9.73. The summed E-state index contributed by atoms with van der Waals surface area (Å²) in [6.07, 6.45) is 4.08. The van der Waals surface area contributed by atoms with Gasteiger partial charge in [-0.1, -0.05) is 55.5 Å².